The minimum atomic E-state index is 0.873. The van der Waals surface area contributed by atoms with E-state index in [2.05, 4.69) is 22.1 Å². The first-order chi connectivity index (χ1) is 8.42. The molecule has 0 N–H and O–H groups in total. The van der Waals surface area contributed by atoms with Crippen molar-refractivity contribution < 1.29 is 4.42 Å². The van der Waals surface area contributed by atoms with Crippen molar-refractivity contribution in [1.29, 1.82) is 0 Å². The fraction of sp³-hybridized carbons (Fsp3) is 0. The number of nitrogens with zero attached hydrogens (tertiary/aromatic N) is 2. The molecule has 2 aromatic carbocycles. The summed E-state index contributed by atoms with van der Waals surface area (Å²) in [5.74, 6) is 0. The number of para-hydroxylation sites is 1. The van der Waals surface area contributed by atoms with E-state index in [1.165, 1.54) is 0 Å². The van der Waals surface area contributed by atoms with Gasteiger partial charge in [-0.25, -0.2) is 9.97 Å². The number of hydrogen-bond acceptors (Lipinski definition) is 3. The van der Waals surface area contributed by atoms with Gasteiger partial charge in [0.15, 0.2) is 0 Å². The monoisotopic (exact) mass is 220 g/mol. The number of fused-ring (bicyclic) bond motifs is 4. The number of furan rings is 1. The van der Waals surface area contributed by atoms with Gasteiger partial charge in [-0.15, -0.1) is 0 Å². The Hall–Kier alpha value is -2.42. The summed E-state index contributed by atoms with van der Waals surface area (Å²) in [7, 11) is 0. The molecule has 0 spiro atoms. The van der Waals surface area contributed by atoms with E-state index in [4.69, 9.17) is 4.42 Å². The molecule has 0 bridgehead atoms. The lowest BCUT2D eigenvalue weighted by atomic mass is 10.1. The molecule has 2 heterocycles. The first-order valence-electron chi connectivity index (χ1n) is 5.43. The van der Waals surface area contributed by atoms with Crippen LogP contribution < -0.4 is 0 Å². The van der Waals surface area contributed by atoms with Crippen LogP contribution in [0.5, 0.6) is 0 Å². The van der Waals surface area contributed by atoms with Crippen LogP contribution in [0.3, 0.4) is 0 Å². The molecule has 0 fully saturated rings. The minimum Gasteiger partial charge on any atom is -0.456 e. The topological polar surface area (TPSA) is 38.9 Å². The van der Waals surface area contributed by atoms with E-state index in [-0.39, 0.29) is 0 Å². The molecule has 0 saturated carbocycles. The van der Waals surface area contributed by atoms with Gasteiger partial charge in [-0.2, -0.15) is 0 Å². The van der Waals surface area contributed by atoms with Crippen LogP contribution in [0, 0.1) is 0 Å². The molecule has 4 aromatic rings. The van der Waals surface area contributed by atoms with Crippen molar-refractivity contribution in [2.45, 2.75) is 0 Å². The molecule has 4 rings (SSSR count). The second-order valence-electron chi connectivity index (χ2n) is 4.03. The van der Waals surface area contributed by atoms with Gasteiger partial charge in [-0.3, -0.25) is 0 Å². The largest absolute Gasteiger partial charge is 0.456 e. The summed E-state index contributed by atoms with van der Waals surface area (Å²) in [6, 6.07) is 12.1. The summed E-state index contributed by atoms with van der Waals surface area (Å²) in [4.78, 5) is 8.27. The lowest BCUT2D eigenvalue weighted by Gasteiger charge is -1.95. The molecule has 17 heavy (non-hydrogen) atoms. The maximum absolute atomic E-state index is 5.80. The minimum absolute atomic E-state index is 0.873. The van der Waals surface area contributed by atoms with Gasteiger partial charge in [0, 0.05) is 28.4 Å². The van der Waals surface area contributed by atoms with Crippen LogP contribution in [0.15, 0.2) is 53.3 Å². The van der Waals surface area contributed by atoms with Crippen LogP contribution in [0.25, 0.3) is 32.8 Å². The third kappa shape index (κ3) is 1.16. The van der Waals surface area contributed by atoms with Crippen LogP contribution in [0.2, 0.25) is 0 Å². The van der Waals surface area contributed by atoms with Gasteiger partial charge in [0.05, 0.1) is 5.52 Å². The molecule has 0 amide bonds. The van der Waals surface area contributed by atoms with Crippen molar-refractivity contribution in [1.82, 2.24) is 9.97 Å². The van der Waals surface area contributed by atoms with Gasteiger partial charge in [0.2, 0.25) is 0 Å². The van der Waals surface area contributed by atoms with Crippen molar-refractivity contribution in [3.63, 3.8) is 0 Å². The van der Waals surface area contributed by atoms with Crippen molar-refractivity contribution in [3.8, 4) is 0 Å². The Morgan fingerprint density at radius 2 is 1.88 bits per heavy atom. The molecule has 0 saturated heterocycles. The lowest BCUT2D eigenvalue weighted by molar-refractivity contribution is 0.669. The quantitative estimate of drug-likeness (QED) is 0.455. The molecule has 0 aliphatic rings. The van der Waals surface area contributed by atoms with Gasteiger partial charge in [0.1, 0.15) is 17.5 Å². The summed E-state index contributed by atoms with van der Waals surface area (Å²) >= 11 is 0. The second-order valence-corrected chi connectivity index (χ2v) is 4.03. The molecule has 80 valence electrons. The number of benzene rings is 2. The van der Waals surface area contributed by atoms with Crippen LogP contribution in [0.1, 0.15) is 0 Å². The summed E-state index contributed by atoms with van der Waals surface area (Å²) in [5.41, 5.74) is 2.69. The van der Waals surface area contributed by atoms with E-state index in [1.54, 1.807) is 6.33 Å². The van der Waals surface area contributed by atoms with E-state index < -0.39 is 0 Å². The van der Waals surface area contributed by atoms with Crippen molar-refractivity contribution in [2.75, 3.05) is 0 Å². The van der Waals surface area contributed by atoms with Gasteiger partial charge in [0.25, 0.3) is 0 Å². The van der Waals surface area contributed by atoms with Crippen LogP contribution in [-0.2, 0) is 0 Å². The van der Waals surface area contributed by atoms with Crippen LogP contribution in [-0.4, -0.2) is 9.97 Å². The Balaban J connectivity index is 2.28. The highest BCUT2D eigenvalue weighted by atomic mass is 16.3. The highest BCUT2D eigenvalue weighted by molar-refractivity contribution is 6.09. The van der Waals surface area contributed by atoms with Crippen molar-refractivity contribution >= 4 is 32.8 Å². The Bertz CT molecular complexity index is 842. The number of rotatable bonds is 0. The average Bonchev–Trinajstić information content (AvgIpc) is 2.73. The smallest absolute Gasteiger partial charge is 0.137 e. The van der Waals surface area contributed by atoms with E-state index in [0.29, 0.717) is 0 Å². The highest BCUT2D eigenvalue weighted by Crippen LogP contribution is 2.30. The Morgan fingerprint density at radius 1 is 0.941 bits per heavy atom. The van der Waals surface area contributed by atoms with Crippen molar-refractivity contribution in [3.05, 3.63) is 48.9 Å². The average molecular weight is 220 g/mol. The van der Waals surface area contributed by atoms with Gasteiger partial charge in [-0.1, -0.05) is 18.2 Å². The zero-order valence-electron chi connectivity index (χ0n) is 8.92. The van der Waals surface area contributed by atoms with Crippen LogP contribution >= 0.6 is 0 Å². The Labute approximate surface area is 96.7 Å². The molecule has 0 aliphatic heterocycles. The molecular weight excluding hydrogens is 212 g/mol. The van der Waals surface area contributed by atoms with E-state index in [0.717, 1.165) is 32.8 Å². The van der Waals surface area contributed by atoms with Gasteiger partial charge in [-0.05, 0) is 12.1 Å². The zero-order chi connectivity index (χ0) is 11.2. The van der Waals surface area contributed by atoms with Crippen LogP contribution in [0.4, 0.5) is 0 Å². The molecule has 3 nitrogen and oxygen atoms in total. The van der Waals surface area contributed by atoms with E-state index in [9.17, 15) is 0 Å². The Kier molecular flexibility index (Phi) is 1.56. The van der Waals surface area contributed by atoms with E-state index >= 15 is 0 Å². The Morgan fingerprint density at radius 3 is 2.88 bits per heavy atom. The first-order valence-corrected chi connectivity index (χ1v) is 5.43. The molecular formula is C14H8N2O. The number of hydrogen-bond donors (Lipinski definition) is 0. The standard InChI is InChI=1S/C14H8N2O/c1-2-4-13-10(3-1)11-5-9-7-15-8-16-12(9)6-14(11)17-13/h1-8H. The third-order valence-corrected chi connectivity index (χ3v) is 3.00. The van der Waals surface area contributed by atoms with E-state index in [1.807, 2.05) is 30.5 Å². The maximum atomic E-state index is 5.80. The first kappa shape index (κ1) is 8.70. The fourth-order valence-corrected chi connectivity index (χ4v) is 2.20. The maximum Gasteiger partial charge on any atom is 0.137 e. The predicted octanol–water partition coefficient (Wildman–Crippen LogP) is 3.53. The van der Waals surface area contributed by atoms with Gasteiger partial charge < -0.3 is 4.42 Å². The summed E-state index contributed by atoms with van der Waals surface area (Å²) in [5, 5.41) is 3.28. The molecule has 0 aliphatic carbocycles. The summed E-state index contributed by atoms with van der Waals surface area (Å²) in [6.45, 7) is 0. The zero-order valence-corrected chi connectivity index (χ0v) is 8.92. The summed E-state index contributed by atoms with van der Waals surface area (Å²) in [6.07, 6.45) is 3.38. The molecule has 3 heteroatoms. The molecule has 2 aromatic heterocycles. The third-order valence-electron chi connectivity index (χ3n) is 3.00. The normalized spacial score (nSPS) is 11.5. The molecule has 0 radical (unpaired) electrons. The fourth-order valence-electron chi connectivity index (χ4n) is 2.20. The van der Waals surface area contributed by atoms with Gasteiger partial charge >= 0.3 is 0 Å². The van der Waals surface area contributed by atoms with Crippen molar-refractivity contribution in [2.24, 2.45) is 0 Å². The summed E-state index contributed by atoms with van der Waals surface area (Å²) < 4.78 is 5.80. The molecule has 0 atom stereocenters. The molecule has 0 unspecified atom stereocenters. The predicted molar refractivity (Wildman–Crippen MR) is 66.8 cm³/mol. The second kappa shape index (κ2) is 3.04. The highest BCUT2D eigenvalue weighted by Gasteiger charge is 2.07. The number of aromatic nitrogens is 2. The SMILES string of the molecule is c1ccc2c(c1)oc1cc3ncncc3cc12. The lowest BCUT2D eigenvalue weighted by Crippen LogP contribution is -1.79.